The van der Waals surface area contributed by atoms with Crippen LogP contribution >= 0.6 is 11.6 Å². The number of nitrogens with zero attached hydrogens (tertiary/aromatic N) is 2. The Morgan fingerprint density at radius 2 is 1.72 bits per heavy atom. The molecule has 2 aromatic rings. The molecular weight excluding hydrogens is 506 g/mol. The summed E-state index contributed by atoms with van der Waals surface area (Å²) in [6.45, 7) is 7.20. The molecule has 11 heteroatoms. The van der Waals surface area contributed by atoms with Crippen LogP contribution in [-0.2, 0) is 26.2 Å². The van der Waals surface area contributed by atoms with E-state index in [0.717, 1.165) is 9.87 Å². The van der Waals surface area contributed by atoms with Crippen LogP contribution in [0.2, 0.25) is 5.02 Å². The molecule has 36 heavy (non-hydrogen) atoms. The molecule has 1 atom stereocenters. The lowest BCUT2D eigenvalue weighted by atomic mass is 10.1. The summed E-state index contributed by atoms with van der Waals surface area (Å²) in [4.78, 5) is 27.9. The minimum absolute atomic E-state index is 0.0378. The highest BCUT2D eigenvalue weighted by molar-refractivity contribution is 7.92. The largest absolute Gasteiger partial charge is 0.454 e. The van der Waals surface area contributed by atoms with Crippen molar-refractivity contribution >= 4 is 39.1 Å². The first-order valence-electron chi connectivity index (χ1n) is 11.7. The van der Waals surface area contributed by atoms with E-state index in [-0.39, 0.29) is 36.6 Å². The maximum atomic E-state index is 13.6. The number of fused-ring (bicyclic) bond motifs is 1. The van der Waals surface area contributed by atoms with Gasteiger partial charge in [-0.1, -0.05) is 37.6 Å². The molecule has 0 fully saturated rings. The fourth-order valence-corrected chi connectivity index (χ4v) is 4.76. The Hall–Kier alpha value is -2.98. The lowest BCUT2D eigenvalue weighted by Crippen LogP contribution is -2.51. The molecule has 0 aliphatic carbocycles. The highest BCUT2D eigenvalue weighted by atomic mass is 35.5. The van der Waals surface area contributed by atoms with E-state index in [4.69, 9.17) is 21.1 Å². The molecule has 2 aromatic carbocycles. The van der Waals surface area contributed by atoms with Crippen LogP contribution in [0.15, 0.2) is 42.5 Å². The normalized spacial score (nSPS) is 13.4. The van der Waals surface area contributed by atoms with Gasteiger partial charge in [0.15, 0.2) is 11.5 Å². The van der Waals surface area contributed by atoms with Crippen molar-refractivity contribution in [2.75, 3.05) is 29.9 Å². The molecule has 0 spiro atoms. The van der Waals surface area contributed by atoms with Crippen molar-refractivity contribution in [3.63, 3.8) is 0 Å². The van der Waals surface area contributed by atoms with Crippen LogP contribution in [0, 0.1) is 5.92 Å². The predicted octanol–water partition coefficient (Wildman–Crippen LogP) is 3.41. The third kappa shape index (κ3) is 6.82. The molecule has 2 amide bonds. The number of carbonyl (C=O) groups excluding carboxylic acids is 2. The first kappa shape index (κ1) is 27.6. The lowest BCUT2D eigenvalue weighted by Gasteiger charge is -2.32. The van der Waals surface area contributed by atoms with E-state index in [2.05, 4.69) is 5.32 Å². The van der Waals surface area contributed by atoms with E-state index in [1.165, 1.54) is 17.9 Å². The van der Waals surface area contributed by atoms with Gasteiger partial charge in [0.1, 0.15) is 12.6 Å². The molecule has 1 heterocycles. The molecule has 1 aliphatic heterocycles. The first-order chi connectivity index (χ1) is 17.0. The van der Waals surface area contributed by atoms with E-state index >= 15 is 0 Å². The number of sulfonamides is 1. The summed E-state index contributed by atoms with van der Waals surface area (Å²) in [6.07, 6.45) is 0. The Labute approximate surface area is 217 Å². The minimum atomic E-state index is -3.83. The van der Waals surface area contributed by atoms with Crippen molar-refractivity contribution < 1.29 is 27.5 Å². The monoisotopic (exact) mass is 537 g/mol. The molecular formula is C25H32ClN3O6S. The van der Waals surface area contributed by atoms with Crippen LogP contribution in [0.1, 0.15) is 33.3 Å². The number of benzene rings is 2. The quantitative estimate of drug-likeness (QED) is 0.471. The van der Waals surface area contributed by atoms with E-state index in [9.17, 15) is 18.0 Å². The number of rotatable bonds is 11. The van der Waals surface area contributed by atoms with Gasteiger partial charge < -0.3 is 19.7 Å². The molecule has 0 saturated heterocycles. The van der Waals surface area contributed by atoms with Crippen molar-refractivity contribution in [1.29, 1.82) is 0 Å². The zero-order valence-electron chi connectivity index (χ0n) is 20.9. The molecule has 1 aliphatic rings. The second-order valence-electron chi connectivity index (χ2n) is 8.91. The van der Waals surface area contributed by atoms with E-state index in [1.807, 2.05) is 13.8 Å². The van der Waals surface area contributed by atoms with E-state index in [1.54, 1.807) is 43.3 Å². The summed E-state index contributed by atoms with van der Waals surface area (Å²) < 4.78 is 37.8. The smallest absolute Gasteiger partial charge is 0.244 e. The number of amides is 2. The molecule has 0 bridgehead atoms. The van der Waals surface area contributed by atoms with Crippen LogP contribution in [0.4, 0.5) is 5.69 Å². The second kappa shape index (κ2) is 11.8. The van der Waals surface area contributed by atoms with Gasteiger partial charge in [0.25, 0.3) is 0 Å². The molecule has 0 radical (unpaired) electrons. The van der Waals surface area contributed by atoms with Crippen molar-refractivity contribution in [3.8, 4) is 11.5 Å². The van der Waals surface area contributed by atoms with Gasteiger partial charge in [-0.15, -0.1) is 0 Å². The van der Waals surface area contributed by atoms with Gasteiger partial charge in [-0.2, -0.15) is 0 Å². The van der Waals surface area contributed by atoms with Crippen LogP contribution in [-0.4, -0.2) is 56.8 Å². The van der Waals surface area contributed by atoms with E-state index < -0.39 is 28.5 Å². The Morgan fingerprint density at radius 3 is 2.36 bits per heavy atom. The van der Waals surface area contributed by atoms with Gasteiger partial charge in [0, 0.05) is 24.2 Å². The topological polar surface area (TPSA) is 105 Å². The van der Waals surface area contributed by atoms with Crippen molar-refractivity contribution in [2.24, 2.45) is 5.92 Å². The highest BCUT2D eigenvalue weighted by Gasteiger charge is 2.31. The standard InChI is InChI=1S/C25H32ClN3O6S/c1-5-36(32,33)29(21-10-11-22-23(12-21)35-16-34-22)15-24(30)28(14-19-6-8-20(26)9-7-19)18(4)25(31)27-13-17(2)3/h6-12,17-18H,5,13-16H2,1-4H3,(H,27,31). The number of carbonyl (C=O) groups is 2. The van der Waals surface area contributed by atoms with Crippen LogP contribution in [0.5, 0.6) is 11.5 Å². The third-order valence-corrected chi connectivity index (χ3v) is 7.73. The van der Waals surface area contributed by atoms with Gasteiger partial charge >= 0.3 is 0 Å². The van der Waals surface area contributed by atoms with Gasteiger partial charge in [-0.25, -0.2) is 8.42 Å². The average Bonchev–Trinajstić information content (AvgIpc) is 3.32. The van der Waals surface area contributed by atoms with Crippen molar-refractivity contribution in [1.82, 2.24) is 10.2 Å². The first-order valence-corrected chi connectivity index (χ1v) is 13.7. The number of halogens is 1. The summed E-state index contributed by atoms with van der Waals surface area (Å²) in [7, 11) is -3.83. The highest BCUT2D eigenvalue weighted by Crippen LogP contribution is 2.36. The fraction of sp³-hybridized carbons (Fsp3) is 0.440. The third-order valence-electron chi connectivity index (χ3n) is 5.74. The van der Waals surface area contributed by atoms with E-state index in [0.29, 0.717) is 23.1 Å². The summed E-state index contributed by atoms with van der Waals surface area (Å²) in [5.74, 6) is 0.0779. The molecule has 196 valence electrons. The van der Waals surface area contributed by atoms with Gasteiger partial charge in [0.2, 0.25) is 28.6 Å². The zero-order valence-corrected chi connectivity index (χ0v) is 22.4. The number of anilines is 1. The van der Waals surface area contributed by atoms with Crippen molar-refractivity contribution in [3.05, 3.63) is 53.1 Å². The molecule has 0 saturated carbocycles. The maximum Gasteiger partial charge on any atom is 0.244 e. The Morgan fingerprint density at radius 1 is 1.06 bits per heavy atom. The summed E-state index contributed by atoms with van der Waals surface area (Å²) >= 11 is 6.00. The molecule has 1 unspecified atom stereocenters. The predicted molar refractivity (Wildman–Crippen MR) is 139 cm³/mol. The van der Waals surface area contributed by atoms with Crippen LogP contribution in [0.25, 0.3) is 0 Å². The van der Waals surface area contributed by atoms with Gasteiger partial charge in [-0.3, -0.25) is 13.9 Å². The van der Waals surface area contributed by atoms with Gasteiger partial charge in [0.05, 0.1) is 11.4 Å². The lowest BCUT2D eigenvalue weighted by molar-refractivity contribution is -0.139. The maximum absolute atomic E-state index is 13.6. The summed E-state index contributed by atoms with van der Waals surface area (Å²) in [5, 5.41) is 3.39. The molecule has 3 rings (SSSR count). The average molecular weight is 538 g/mol. The molecule has 1 N–H and O–H groups in total. The second-order valence-corrected chi connectivity index (χ2v) is 11.5. The Kier molecular flexibility index (Phi) is 9.08. The molecule has 0 aromatic heterocycles. The van der Waals surface area contributed by atoms with Crippen molar-refractivity contribution in [2.45, 2.75) is 40.3 Å². The Bertz CT molecular complexity index is 1190. The molecule has 9 nitrogen and oxygen atoms in total. The van der Waals surface area contributed by atoms with Crippen LogP contribution in [0.3, 0.4) is 0 Å². The fourth-order valence-electron chi connectivity index (χ4n) is 3.58. The number of hydrogen-bond acceptors (Lipinski definition) is 6. The van der Waals surface area contributed by atoms with Gasteiger partial charge in [-0.05, 0) is 49.6 Å². The number of ether oxygens (including phenoxy) is 2. The number of hydrogen-bond donors (Lipinski definition) is 1. The summed E-state index contributed by atoms with van der Waals surface area (Å²) in [5.41, 5.74) is 1.03. The zero-order chi connectivity index (χ0) is 26.5. The SMILES string of the molecule is CCS(=O)(=O)N(CC(=O)N(Cc1ccc(Cl)cc1)C(C)C(=O)NCC(C)C)c1ccc2c(c1)OCO2. The van der Waals surface area contributed by atoms with Crippen LogP contribution < -0.4 is 19.1 Å². The Balaban J connectivity index is 1.91. The number of nitrogens with one attached hydrogen (secondary N) is 1. The summed E-state index contributed by atoms with van der Waals surface area (Å²) in [6, 6.07) is 10.8. The minimum Gasteiger partial charge on any atom is -0.454 e.